The average Bonchev–Trinajstić information content (AvgIpc) is 3.02. The number of hydrogen-bond donors (Lipinski definition) is 0. The Bertz CT molecular complexity index is 516. The molecule has 2 saturated carbocycles. The first-order valence-corrected chi connectivity index (χ1v) is 14.8. The third kappa shape index (κ3) is 4.94. The lowest BCUT2D eigenvalue weighted by Crippen LogP contribution is -2.44. The third-order valence-electron chi connectivity index (χ3n) is 9.10. The Morgan fingerprint density at radius 2 is 1.75 bits per heavy atom. The number of rotatable bonds is 10. The van der Waals surface area contributed by atoms with Crippen molar-refractivity contribution < 1.29 is 9.22 Å². The highest BCUT2D eigenvalue weighted by Crippen LogP contribution is 2.57. The molecule has 2 fully saturated rings. The minimum atomic E-state index is -1.56. The first-order chi connectivity index (χ1) is 13.0. The second kappa shape index (κ2) is 9.33. The van der Waals surface area contributed by atoms with Gasteiger partial charge in [-0.15, -0.1) is 0 Å². The maximum absolute atomic E-state index is 12.5. The van der Waals surface area contributed by atoms with Crippen LogP contribution in [-0.4, -0.2) is 19.7 Å². The van der Waals surface area contributed by atoms with Crippen molar-refractivity contribution in [2.24, 2.45) is 29.1 Å². The second-order valence-corrected chi connectivity index (χ2v) is 15.7. The van der Waals surface area contributed by atoms with Gasteiger partial charge >= 0.3 is 0 Å². The molecule has 0 unspecified atom stereocenters. The molecule has 0 aromatic carbocycles. The van der Waals surface area contributed by atoms with Crippen LogP contribution in [0, 0.1) is 29.1 Å². The summed E-state index contributed by atoms with van der Waals surface area (Å²) in [5, 5.41) is 0. The van der Waals surface area contributed by atoms with E-state index in [9.17, 15) is 4.79 Å². The normalized spacial score (nSPS) is 30.9. The molecular weight excluding hydrogens is 360 g/mol. The van der Waals surface area contributed by atoms with Crippen LogP contribution in [0.4, 0.5) is 0 Å². The van der Waals surface area contributed by atoms with Gasteiger partial charge in [-0.1, -0.05) is 41.5 Å². The number of hydrogen-bond acceptors (Lipinski definition) is 2. The topological polar surface area (TPSA) is 26.3 Å². The molecule has 0 bridgehead atoms. The third-order valence-corrected chi connectivity index (χ3v) is 13.9. The summed E-state index contributed by atoms with van der Waals surface area (Å²) in [6.07, 6.45) is 8.00. The standard InChI is InChI=1S/C25H48O2Si/c1-9-28(10-2,11-3)27-24(6,7)18-16-19(4)20(5)21-14-15-22-23(26)13-12-17-25(21,22)8/h19-22H,9-18H2,1-8H3/t19-,20+,21-,22+,25-/m1/s1. The highest BCUT2D eigenvalue weighted by atomic mass is 28.4. The van der Waals surface area contributed by atoms with E-state index in [1.165, 1.54) is 37.4 Å². The Balaban J connectivity index is 1.97. The summed E-state index contributed by atoms with van der Waals surface area (Å²) in [6, 6.07) is 3.68. The average molecular weight is 409 g/mol. The van der Waals surface area contributed by atoms with Crippen LogP contribution in [0.2, 0.25) is 18.1 Å². The van der Waals surface area contributed by atoms with E-state index in [0.717, 1.165) is 31.6 Å². The minimum absolute atomic E-state index is 0.00878. The van der Waals surface area contributed by atoms with Crippen molar-refractivity contribution >= 4 is 14.1 Å². The summed E-state index contributed by atoms with van der Waals surface area (Å²) in [7, 11) is -1.56. The molecule has 0 heterocycles. The molecule has 5 atom stereocenters. The van der Waals surface area contributed by atoms with E-state index in [-0.39, 0.29) is 11.0 Å². The summed E-state index contributed by atoms with van der Waals surface area (Å²) >= 11 is 0. The van der Waals surface area contributed by atoms with E-state index in [1.54, 1.807) is 0 Å². The Kier molecular flexibility index (Phi) is 8.04. The van der Waals surface area contributed by atoms with Gasteiger partial charge in [-0.05, 0) is 93.7 Å². The molecule has 3 heteroatoms. The lowest BCUT2D eigenvalue weighted by Gasteiger charge is -2.44. The number of Topliss-reactive ketones (excluding diaryl/α,β-unsaturated/α-hetero) is 1. The fourth-order valence-corrected chi connectivity index (χ4v) is 9.88. The Labute approximate surface area is 176 Å². The summed E-state index contributed by atoms with van der Waals surface area (Å²) in [6.45, 7) is 19.0. The van der Waals surface area contributed by atoms with E-state index in [2.05, 4.69) is 55.4 Å². The molecule has 0 saturated heterocycles. The van der Waals surface area contributed by atoms with Crippen molar-refractivity contribution in [1.29, 1.82) is 0 Å². The lowest BCUT2D eigenvalue weighted by molar-refractivity contribution is -0.130. The van der Waals surface area contributed by atoms with Crippen molar-refractivity contribution in [3.05, 3.63) is 0 Å². The van der Waals surface area contributed by atoms with Gasteiger partial charge in [-0.2, -0.15) is 0 Å². The molecule has 0 aromatic heterocycles. The van der Waals surface area contributed by atoms with E-state index in [0.29, 0.717) is 23.5 Å². The highest BCUT2D eigenvalue weighted by Gasteiger charge is 2.52. The van der Waals surface area contributed by atoms with Crippen LogP contribution in [0.15, 0.2) is 0 Å². The van der Waals surface area contributed by atoms with Gasteiger partial charge in [0.25, 0.3) is 0 Å². The van der Waals surface area contributed by atoms with Crippen molar-refractivity contribution in [2.75, 3.05) is 0 Å². The maximum atomic E-state index is 12.5. The number of carbonyl (C=O) groups excluding carboxylic acids is 1. The van der Waals surface area contributed by atoms with Gasteiger partial charge in [-0.25, -0.2) is 0 Å². The monoisotopic (exact) mass is 408 g/mol. The van der Waals surface area contributed by atoms with Crippen molar-refractivity contribution in [1.82, 2.24) is 0 Å². The van der Waals surface area contributed by atoms with E-state index in [1.807, 2.05) is 0 Å². The summed E-state index contributed by atoms with van der Waals surface area (Å²) < 4.78 is 6.84. The van der Waals surface area contributed by atoms with E-state index < -0.39 is 8.32 Å². The SMILES string of the molecule is CC[Si](CC)(CC)OC(C)(C)CC[C@@H](C)[C@H](C)[C@H]1CC[C@H]2C(=O)CCC[C@]12C. The van der Waals surface area contributed by atoms with Crippen molar-refractivity contribution in [3.8, 4) is 0 Å². The van der Waals surface area contributed by atoms with Gasteiger partial charge in [0.05, 0.1) is 5.60 Å². The molecule has 0 aromatic rings. The highest BCUT2D eigenvalue weighted by molar-refractivity contribution is 6.73. The van der Waals surface area contributed by atoms with Crippen molar-refractivity contribution in [2.45, 2.75) is 124 Å². The smallest absolute Gasteiger partial charge is 0.192 e. The van der Waals surface area contributed by atoms with Crippen LogP contribution in [0.5, 0.6) is 0 Å². The number of carbonyl (C=O) groups is 1. The zero-order valence-corrected chi connectivity index (χ0v) is 21.2. The Hall–Kier alpha value is -0.153. The molecule has 0 radical (unpaired) electrons. The maximum Gasteiger partial charge on any atom is 0.192 e. The molecule has 0 amide bonds. The number of ketones is 1. The molecule has 0 aliphatic heterocycles. The molecule has 28 heavy (non-hydrogen) atoms. The molecule has 2 rings (SSSR count). The minimum Gasteiger partial charge on any atom is -0.412 e. The first kappa shape index (κ1) is 24.1. The van der Waals surface area contributed by atoms with Crippen LogP contribution in [-0.2, 0) is 9.22 Å². The zero-order valence-electron chi connectivity index (χ0n) is 20.2. The summed E-state index contributed by atoms with van der Waals surface area (Å²) in [5.41, 5.74) is 0.259. The van der Waals surface area contributed by atoms with E-state index >= 15 is 0 Å². The summed E-state index contributed by atoms with van der Waals surface area (Å²) in [5.74, 6) is 3.02. The van der Waals surface area contributed by atoms with Gasteiger partial charge in [0.2, 0.25) is 0 Å². The molecule has 2 aliphatic rings. The van der Waals surface area contributed by atoms with Gasteiger partial charge in [0, 0.05) is 12.3 Å². The molecule has 2 nitrogen and oxygen atoms in total. The molecule has 164 valence electrons. The van der Waals surface area contributed by atoms with Crippen molar-refractivity contribution in [3.63, 3.8) is 0 Å². The lowest BCUT2D eigenvalue weighted by atomic mass is 9.60. The predicted molar refractivity (Wildman–Crippen MR) is 123 cm³/mol. The second-order valence-electron chi connectivity index (χ2n) is 11.0. The van der Waals surface area contributed by atoms with Crippen LogP contribution in [0.1, 0.15) is 100 Å². The van der Waals surface area contributed by atoms with Gasteiger partial charge in [-0.3, -0.25) is 4.79 Å². The molecule has 0 spiro atoms. The molecule has 2 aliphatic carbocycles. The van der Waals surface area contributed by atoms with Gasteiger partial charge in [0.1, 0.15) is 5.78 Å². The fraction of sp³-hybridized carbons (Fsp3) is 0.960. The van der Waals surface area contributed by atoms with Crippen LogP contribution >= 0.6 is 0 Å². The summed E-state index contributed by atoms with van der Waals surface area (Å²) in [4.78, 5) is 12.5. The fourth-order valence-electron chi connectivity index (χ4n) is 6.67. The van der Waals surface area contributed by atoms with Crippen LogP contribution in [0.25, 0.3) is 0 Å². The first-order valence-electron chi connectivity index (χ1n) is 12.3. The van der Waals surface area contributed by atoms with Crippen LogP contribution < -0.4 is 0 Å². The largest absolute Gasteiger partial charge is 0.412 e. The van der Waals surface area contributed by atoms with Gasteiger partial charge in [0.15, 0.2) is 8.32 Å². The quantitative estimate of drug-likeness (QED) is 0.347. The number of fused-ring (bicyclic) bond motifs is 1. The van der Waals surface area contributed by atoms with Crippen LogP contribution in [0.3, 0.4) is 0 Å². The zero-order chi connectivity index (χ0) is 21.2. The Morgan fingerprint density at radius 3 is 2.32 bits per heavy atom. The predicted octanol–water partition coefficient (Wildman–Crippen LogP) is 7.62. The molecular formula is C25H48O2Si. The van der Waals surface area contributed by atoms with E-state index in [4.69, 9.17) is 4.43 Å². The Morgan fingerprint density at radius 1 is 1.14 bits per heavy atom. The molecule has 0 N–H and O–H groups in total. The van der Waals surface area contributed by atoms with Gasteiger partial charge < -0.3 is 4.43 Å².